The van der Waals surface area contributed by atoms with Crippen LogP contribution in [0.15, 0.2) is 24.3 Å². The van der Waals surface area contributed by atoms with Crippen LogP contribution in [0.5, 0.6) is 0 Å². The maximum Gasteiger partial charge on any atom is 0.317 e. The molecule has 2 saturated heterocycles. The van der Waals surface area contributed by atoms with Crippen molar-refractivity contribution in [2.75, 3.05) is 44.6 Å². The molecular formula is C20H29N5O. The molecule has 0 saturated carbocycles. The van der Waals surface area contributed by atoms with Crippen LogP contribution < -0.4 is 10.6 Å². The van der Waals surface area contributed by atoms with Crippen LogP contribution in [-0.2, 0) is 0 Å². The van der Waals surface area contributed by atoms with Crippen molar-refractivity contribution in [3.8, 4) is 6.07 Å². The van der Waals surface area contributed by atoms with Crippen molar-refractivity contribution in [1.29, 1.82) is 5.26 Å². The number of rotatable bonds is 6. The first-order valence-corrected chi connectivity index (χ1v) is 9.57. The minimum Gasteiger partial charge on any atom is -0.385 e. The Balaban J connectivity index is 1.34. The lowest BCUT2D eigenvalue weighted by Crippen LogP contribution is -2.43. The molecule has 3 rings (SSSR count). The molecule has 0 aliphatic carbocycles. The van der Waals surface area contributed by atoms with Gasteiger partial charge in [0.15, 0.2) is 0 Å². The van der Waals surface area contributed by atoms with Gasteiger partial charge in [0.1, 0.15) is 0 Å². The van der Waals surface area contributed by atoms with Gasteiger partial charge in [0.25, 0.3) is 0 Å². The monoisotopic (exact) mass is 355 g/mol. The summed E-state index contributed by atoms with van der Waals surface area (Å²) in [5.74, 6) is 1.25. The molecule has 140 valence electrons. The van der Waals surface area contributed by atoms with E-state index in [0.717, 1.165) is 51.4 Å². The molecule has 2 heterocycles. The normalized spacial score (nSPS) is 22.3. The molecule has 2 amide bonds. The number of carbonyl (C=O) groups excluding carboxylic acids is 1. The van der Waals surface area contributed by atoms with E-state index in [1.165, 1.54) is 0 Å². The van der Waals surface area contributed by atoms with E-state index in [9.17, 15) is 4.79 Å². The summed E-state index contributed by atoms with van der Waals surface area (Å²) in [6.07, 6.45) is 1.09. The van der Waals surface area contributed by atoms with Crippen molar-refractivity contribution in [2.24, 2.45) is 11.8 Å². The van der Waals surface area contributed by atoms with Crippen LogP contribution in [0, 0.1) is 23.2 Å². The van der Waals surface area contributed by atoms with Crippen molar-refractivity contribution in [1.82, 2.24) is 15.1 Å². The van der Waals surface area contributed by atoms with E-state index in [2.05, 4.69) is 21.6 Å². The lowest BCUT2D eigenvalue weighted by Gasteiger charge is -2.23. The SMILES string of the molecule is CC(C)NC(=O)N1CC2CN(CCCNc3ccc(C#N)cc3)CC2C1. The lowest BCUT2D eigenvalue weighted by molar-refractivity contribution is 0.197. The van der Waals surface area contributed by atoms with Gasteiger partial charge in [-0.25, -0.2) is 4.79 Å². The topological polar surface area (TPSA) is 71.4 Å². The van der Waals surface area contributed by atoms with E-state index in [0.29, 0.717) is 17.4 Å². The van der Waals surface area contributed by atoms with Gasteiger partial charge in [-0.2, -0.15) is 5.26 Å². The first kappa shape index (κ1) is 18.5. The van der Waals surface area contributed by atoms with E-state index >= 15 is 0 Å². The molecule has 0 bridgehead atoms. The molecule has 2 N–H and O–H groups in total. The van der Waals surface area contributed by atoms with Gasteiger partial charge in [0.2, 0.25) is 0 Å². The maximum absolute atomic E-state index is 12.1. The number of amides is 2. The number of carbonyl (C=O) groups is 1. The number of nitrogens with zero attached hydrogens (tertiary/aromatic N) is 3. The summed E-state index contributed by atoms with van der Waals surface area (Å²) in [7, 11) is 0. The average Bonchev–Trinajstić information content (AvgIpc) is 3.17. The Labute approximate surface area is 156 Å². The number of urea groups is 1. The molecule has 1 aromatic carbocycles. The largest absolute Gasteiger partial charge is 0.385 e. The zero-order valence-corrected chi connectivity index (χ0v) is 15.7. The van der Waals surface area contributed by atoms with Crippen molar-refractivity contribution < 1.29 is 4.79 Å². The number of benzene rings is 1. The first-order chi connectivity index (χ1) is 12.5. The van der Waals surface area contributed by atoms with Gasteiger partial charge in [0, 0.05) is 44.5 Å². The number of likely N-dealkylation sites (tertiary alicyclic amines) is 2. The molecule has 2 fully saturated rings. The Morgan fingerprint density at radius 2 is 1.85 bits per heavy atom. The summed E-state index contributed by atoms with van der Waals surface area (Å²) < 4.78 is 0. The highest BCUT2D eigenvalue weighted by atomic mass is 16.2. The predicted octanol–water partition coefficient (Wildman–Crippen LogP) is 2.34. The summed E-state index contributed by atoms with van der Waals surface area (Å²) in [5, 5.41) is 15.2. The highest BCUT2D eigenvalue weighted by Crippen LogP contribution is 2.31. The second kappa shape index (κ2) is 8.41. The summed E-state index contributed by atoms with van der Waals surface area (Å²) in [6, 6.07) is 10.0. The third-order valence-electron chi connectivity index (χ3n) is 5.26. The van der Waals surface area contributed by atoms with Crippen LogP contribution in [0.3, 0.4) is 0 Å². The van der Waals surface area contributed by atoms with Crippen LogP contribution in [-0.4, -0.2) is 61.1 Å². The highest BCUT2D eigenvalue weighted by molar-refractivity contribution is 5.74. The van der Waals surface area contributed by atoms with Gasteiger partial charge >= 0.3 is 6.03 Å². The molecule has 2 aliphatic rings. The fourth-order valence-corrected chi connectivity index (χ4v) is 3.97. The zero-order chi connectivity index (χ0) is 18.5. The quantitative estimate of drug-likeness (QED) is 0.769. The average molecular weight is 355 g/mol. The minimum atomic E-state index is 0.0903. The number of hydrogen-bond acceptors (Lipinski definition) is 4. The van der Waals surface area contributed by atoms with Crippen LogP contribution in [0.25, 0.3) is 0 Å². The standard InChI is InChI=1S/C20H29N5O/c1-15(2)23-20(26)25-13-17-11-24(12-18(17)14-25)9-3-8-22-19-6-4-16(10-21)5-7-19/h4-7,15,17-18,22H,3,8-9,11-14H2,1-2H3,(H,23,26). The number of nitriles is 1. The highest BCUT2D eigenvalue weighted by Gasteiger charge is 2.41. The van der Waals surface area contributed by atoms with Gasteiger partial charge in [0.05, 0.1) is 11.6 Å². The van der Waals surface area contributed by atoms with E-state index < -0.39 is 0 Å². The Morgan fingerprint density at radius 3 is 2.42 bits per heavy atom. The Bertz CT molecular complexity index is 637. The fraction of sp³-hybridized carbons (Fsp3) is 0.600. The first-order valence-electron chi connectivity index (χ1n) is 9.57. The molecule has 0 spiro atoms. The summed E-state index contributed by atoms with van der Waals surface area (Å²) in [5.41, 5.74) is 1.75. The molecule has 0 aromatic heterocycles. The second-order valence-corrected chi connectivity index (χ2v) is 7.76. The van der Waals surface area contributed by atoms with E-state index in [1.807, 2.05) is 43.0 Å². The van der Waals surface area contributed by atoms with Gasteiger partial charge in [-0.15, -0.1) is 0 Å². The molecule has 26 heavy (non-hydrogen) atoms. The smallest absolute Gasteiger partial charge is 0.317 e. The van der Waals surface area contributed by atoms with Gasteiger partial charge in [-0.3, -0.25) is 0 Å². The summed E-state index contributed by atoms with van der Waals surface area (Å²) >= 11 is 0. The zero-order valence-electron chi connectivity index (χ0n) is 15.7. The van der Waals surface area contributed by atoms with Gasteiger partial charge in [-0.05, 0) is 62.9 Å². The van der Waals surface area contributed by atoms with Gasteiger partial charge in [-0.1, -0.05) is 0 Å². The third-order valence-corrected chi connectivity index (χ3v) is 5.26. The van der Waals surface area contributed by atoms with E-state index in [1.54, 1.807) is 0 Å². The van der Waals surface area contributed by atoms with Crippen molar-refractivity contribution in [3.63, 3.8) is 0 Å². The van der Waals surface area contributed by atoms with E-state index in [-0.39, 0.29) is 12.1 Å². The molecule has 0 radical (unpaired) electrons. The molecule has 2 atom stereocenters. The molecule has 6 heteroatoms. The molecule has 1 aromatic rings. The van der Waals surface area contributed by atoms with Crippen molar-refractivity contribution >= 4 is 11.7 Å². The second-order valence-electron chi connectivity index (χ2n) is 7.76. The molecule has 2 aliphatic heterocycles. The Kier molecular flexibility index (Phi) is 6.00. The third kappa shape index (κ3) is 4.67. The van der Waals surface area contributed by atoms with Crippen LogP contribution in [0.1, 0.15) is 25.8 Å². The number of anilines is 1. The summed E-state index contributed by atoms with van der Waals surface area (Å²) in [4.78, 5) is 16.6. The van der Waals surface area contributed by atoms with Crippen molar-refractivity contribution in [3.05, 3.63) is 29.8 Å². The van der Waals surface area contributed by atoms with Crippen LogP contribution >= 0.6 is 0 Å². The molecule has 2 unspecified atom stereocenters. The predicted molar refractivity (Wildman–Crippen MR) is 103 cm³/mol. The molecule has 6 nitrogen and oxygen atoms in total. The lowest BCUT2D eigenvalue weighted by atomic mass is 10.0. The number of fused-ring (bicyclic) bond motifs is 1. The Morgan fingerprint density at radius 1 is 1.19 bits per heavy atom. The van der Waals surface area contributed by atoms with Gasteiger partial charge < -0.3 is 20.4 Å². The van der Waals surface area contributed by atoms with Crippen LogP contribution in [0.4, 0.5) is 10.5 Å². The maximum atomic E-state index is 12.1. The fourth-order valence-electron chi connectivity index (χ4n) is 3.97. The van der Waals surface area contributed by atoms with Crippen molar-refractivity contribution in [2.45, 2.75) is 26.3 Å². The minimum absolute atomic E-state index is 0.0903. The summed E-state index contributed by atoms with van der Waals surface area (Å²) in [6.45, 7) is 10.0. The number of hydrogen-bond donors (Lipinski definition) is 2. The number of nitrogens with one attached hydrogen (secondary N) is 2. The van der Waals surface area contributed by atoms with Crippen LogP contribution in [0.2, 0.25) is 0 Å². The van der Waals surface area contributed by atoms with E-state index in [4.69, 9.17) is 5.26 Å². The Hall–Kier alpha value is -2.26. The molecular weight excluding hydrogens is 326 g/mol.